The van der Waals surface area contributed by atoms with E-state index in [2.05, 4.69) is 0 Å². The van der Waals surface area contributed by atoms with Gasteiger partial charge in [-0.05, 0) is 29.8 Å². The van der Waals surface area contributed by atoms with E-state index in [-0.39, 0.29) is 5.69 Å². The highest BCUT2D eigenvalue weighted by Crippen LogP contribution is 2.26. The number of non-ortho nitro benzene ring substituents is 1. The Balaban J connectivity index is 1.70. The zero-order chi connectivity index (χ0) is 18.7. The maximum atomic E-state index is 11.1. The molecule has 0 amide bonds. The van der Waals surface area contributed by atoms with Gasteiger partial charge in [0.15, 0.2) is 5.71 Å². The SMILES string of the molecule is C[N+]1=C(C=CC=Cc2ccc([N+](=O)[O-])cc2)Cc2cc(C(=O)O)ccc21. The van der Waals surface area contributed by atoms with Gasteiger partial charge in [-0.2, -0.15) is 4.58 Å². The van der Waals surface area contributed by atoms with Crippen molar-refractivity contribution in [3.8, 4) is 0 Å². The van der Waals surface area contributed by atoms with Crippen molar-refractivity contribution in [2.24, 2.45) is 0 Å². The lowest BCUT2D eigenvalue weighted by Gasteiger charge is -1.97. The molecule has 1 aliphatic rings. The Bertz CT molecular complexity index is 970. The Morgan fingerprint density at radius 1 is 1.15 bits per heavy atom. The fourth-order valence-corrected chi connectivity index (χ4v) is 2.87. The number of carboxylic acid groups (broad SMARTS) is 1. The largest absolute Gasteiger partial charge is 0.478 e. The highest BCUT2D eigenvalue weighted by atomic mass is 16.6. The van der Waals surface area contributed by atoms with E-state index < -0.39 is 10.9 Å². The maximum absolute atomic E-state index is 11.1. The Morgan fingerprint density at radius 2 is 1.85 bits per heavy atom. The second-order valence-electron chi connectivity index (χ2n) is 5.94. The van der Waals surface area contributed by atoms with E-state index in [9.17, 15) is 14.9 Å². The van der Waals surface area contributed by atoms with E-state index >= 15 is 0 Å². The molecular formula is C20H17N2O4+. The third kappa shape index (κ3) is 3.59. The molecule has 0 saturated heterocycles. The molecule has 0 aliphatic carbocycles. The summed E-state index contributed by atoms with van der Waals surface area (Å²) in [5, 5.41) is 19.7. The number of fused-ring (bicyclic) bond motifs is 1. The van der Waals surface area contributed by atoms with Crippen molar-refractivity contribution >= 4 is 29.1 Å². The summed E-state index contributed by atoms with van der Waals surface area (Å²) in [7, 11) is 1.95. The fraction of sp³-hybridized carbons (Fsp3) is 0.100. The minimum Gasteiger partial charge on any atom is -0.478 e. The molecule has 1 N–H and O–H groups in total. The number of carboxylic acids is 1. The van der Waals surface area contributed by atoms with Crippen molar-refractivity contribution in [1.82, 2.24) is 0 Å². The first-order chi connectivity index (χ1) is 12.5. The van der Waals surface area contributed by atoms with Crippen LogP contribution in [0.5, 0.6) is 0 Å². The number of aromatic carboxylic acids is 1. The van der Waals surface area contributed by atoms with Gasteiger partial charge in [-0.1, -0.05) is 18.2 Å². The molecule has 6 heteroatoms. The Morgan fingerprint density at radius 3 is 2.50 bits per heavy atom. The number of nitro groups is 1. The summed E-state index contributed by atoms with van der Waals surface area (Å²) in [4.78, 5) is 21.3. The highest BCUT2D eigenvalue weighted by molar-refractivity contribution is 5.97. The third-order valence-electron chi connectivity index (χ3n) is 4.28. The van der Waals surface area contributed by atoms with Crippen LogP contribution in [-0.4, -0.2) is 33.3 Å². The van der Waals surface area contributed by atoms with Crippen LogP contribution in [0, 0.1) is 10.1 Å². The molecule has 0 radical (unpaired) electrons. The van der Waals surface area contributed by atoms with Gasteiger partial charge < -0.3 is 5.11 Å². The molecule has 0 unspecified atom stereocenters. The van der Waals surface area contributed by atoms with Crippen LogP contribution in [-0.2, 0) is 6.42 Å². The first-order valence-electron chi connectivity index (χ1n) is 8.00. The van der Waals surface area contributed by atoms with E-state index in [1.165, 1.54) is 12.1 Å². The second-order valence-corrected chi connectivity index (χ2v) is 5.94. The Labute approximate surface area is 150 Å². The molecule has 6 nitrogen and oxygen atoms in total. The van der Waals surface area contributed by atoms with Crippen LogP contribution in [0.3, 0.4) is 0 Å². The van der Waals surface area contributed by atoms with Gasteiger partial charge in [0.05, 0.1) is 16.9 Å². The van der Waals surface area contributed by atoms with Crippen LogP contribution < -0.4 is 0 Å². The van der Waals surface area contributed by atoms with Crippen LogP contribution in [0.15, 0.2) is 60.7 Å². The average molecular weight is 349 g/mol. The van der Waals surface area contributed by atoms with E-state index in [0.29, 0.717) is 12.0 Å². The number of carbonyl (C=O) groups is 1. The minimum absolute atomic E-state index is 0.0688. The van der Waals surface area contributed by atoms with E-state index in [0.717, 1.165) is 22.5 Å². The molecule has 1 aliphatic heterocycles. The normalized spacial score (nSPS) is 13.6. The number of hydrogen-bond acceptors (Lipinski definition) is 3. The molecule has 26 heavy (non-hydrogen) atoms. The highest BCUT2D eigenvalue weighted by Gasteiger charge is 2.25. The smallest absolute Gasteiger partial charge is 0.335 e. The number of hydrogen-bond donors (Lipinski definition) is 1. The van der Waals surface area contributed by atoms with Crippen LogP contribution in [0.2, 0.25) is 0 Å². The van der Waals surface area contributed by atoms with Gasteiger partial charge in [0.1, 0.15) is 7.05 Å². The summed E-state index contributed by atoms with van der Waals surface area (Å²) < 4.78 is 2.04. The molecule has 0 bridgehead atoms. The number of benzene rings is 2. The molecule has 0 spiro atoms. The third-order valence-corrected chi connectivity index (χ3v) is 4.28. The van der Waals surface area contributed by atoms with E-state index in [1.807, 2.05) is 42.0 Å². The lowest BCUT2D eigenvalue weighted by Crippen LogP contribution is -2.04. The van der Waals surface area contributed by atoms with Gasteiger partial charge in [-0.15, -0.1) is 0 Å². The summed E-state index contributed by atoms with van der Waals surface area (Å²) in [6, 6.07) is 11.5. The van der Waals surface area contributed by atoms with Crippen molar-refractivity contribution < 1.29 is 19.4 Å². The summed E-state index contributed by atoms with van der Waals surface area (Å²) in [5.74, 6) is -0.925. The van der Waals surface area contributed by atoms with Gasteiger partial charge in [0.2, 0.25) is 5.69 Å². The molecule has 0 atom stereocenters. The molecule has 130 valence electrons. The quantitative estimate of drug-likeness (QED) is 0.385. The van der Waals surface area contributed by atoms with Gasteiger partial charge >= 0.3 is 5.97 Å². The first-order valence-corrected chi connectivity index (χ1v) is 8.00. The summed E-state index contributed by atoms with van der Waals surface area (Å²) in [6.45, 7) is 0. The zero-order valence-electron chi connectivity index (χ0n) is 14.1. The van der Waals surface area contributed by atoms with Crippen LogP contribution in [0.1, 0.15) is 21.5 Å². The monoisotopic (exact) mass is 349 g/mol. The lowest BCUT2D eigenvalue weighted by atomic mass is 10.1. The molecule has 2 aromatic carbocycles. The summed E-state index contributed by atoms with van der Waals surface area (Å²) in [5.41, 5.74) is 4.30. The minimum atomic E-state index is -0.925. The Hall–Kier alpha value is -3.54. The van der Waals surface area contributed by atoms with Gasteiger partial charge in [-0.25, -0.2) is 4.79 Å². The predicted octanol–water partition coefficient (Wildman–Crippen LogP) is 3.83. The van der Waals surface area contributed by atoms with Crippen LogP contribution >= 0.6 is 0 Å². The average Bonchev–Trinajstić information content (AvgIpc) is 2.94. The number of nitro benzene ring substituents is 1. The first kappa shape index (κ1) is 17.3. The topological polar surface area (TPSA) is 83.5 Å². The Kier molecular flexibility index (Phi) is 4.75. The predicted molar refractivity (Wildman–Crippen MR) is 99.2 cm³/mol. The van der Waals surface area contributed by atoms with E-state index in [1.54, 1.807) is 24.3 Å². The van der Waals surface area contributed by atoms with E-state index in [4.69, 9.17) is 5.11 Å². The van der Waals surface area contributed by atoms with Crippen molar-refractivity contribution in [3.05, 3.63) is 87.5 Å². The zero-order valence-corrected chi connectivity index (χ0v) is 14.1. The molecule has 0 saturated carbocycles. The molecular weight excluding hydrogens is 332 g/mol. The van der Waals surface area contributed by atoms with Gasteiger partial charge in [0.25, 0.3) is 5.69 Å². The molecule has 3 rings (SSSR count). The van der Waals surface area contributed by atoms with Gasteiger partial charge in [-0.3, -0.25) is 10.1 Å². The van der Waals surface area contributed by atoms with Crippen molar-refractivity contribution in [3.63, 3.8) is 0 Å². The standard InChI is InChI=1S/C20H16N2O4/c1-21-18(13-16-12-15(20(23)24)8-11-19(16)21)5-3-2-4-14-6-9-17(10-7-14)22(25)26/h2-12H,13H2,1H3/p+1. The lowest BCUT2D eigenvalue weighted by molar-refractivity contribution is -0.400. The summed E-state index contributed by atoms with van der Waals surface area (Å²) >= 11 is 0. The van der Waals surface area contributed by atoms with Crippen LogP contribution in [0.4, 0.5) is 11.4 Å². The van der Waals surface area contributed by atoms with Crippen molar-refractivity contribution in [1.29, 1.82) is 0 Å². The fourth-order valence-electron chi connectivity index (χ4n) is 2.87. The maximum Gasteiger partial charge on any atom is 0.335 e. The molecule has 0 fully saturated rings. The number of nitrogens with zero attached hydrogens (tertiary/aromatic N) is 2. The molecule has 2 aromatic rings. The van der Waals surface area contributed by atoms with Gasteiger partial charge in [0, 0.05) is 29.8 Å². The molecule has 0 aromatic heterocycles. The number of rotatable bonds is 5. The van der Waals surface area contributed by atoms with Crippen LogP contribution in [0.25, 0.3) is 6.08 Å². The van der Waals surface area contributed by atoms with Crippen molar-refractivity contribution in [2.45, 2.75) is 6.42 Å². The molecule has 1 heterocycles. The summed E-state index contributed by atoms with van der Waals surface area (Å²) in [6.07, 6.45) is 8.29. The number of allylic oxidation sites excluding steroid dienone is 3. The van der Waals surface area contributed by atoms with Crippen molar-refractivity contribution in [2.75, 3.05) is 7.05 Å². The second kappa shape index (κ2) is 7.14.